The van der Waals surface area contributed by atoms with Crippen LogP contribution in [0.1, 0.15) is 64.5 Å². The number of thioether (sulfide) groups is 1. The highest BCUT2D eigenvalue weighted by Crippen LogP contribution is 2.55. The van der Waals surface area contributed by atoms with E-state index in [1.807, 2.05) is 27.7 Å². The summed E-state index contributed by atoms with van der Waals surface area (Å²) in [6.07, 6.45) is -8.45. The Kier molecular flexibility index (Phi) is 11.3. The van der Waals surface area contributed by atoms with Crippen molar-refractivity contribution < 1.29 is 35.5 Å². The van der Waals surface area contributed by atoms with Crippen molar-refractivity contribution in [2.24, 2.45) is 0 Å². The highest BCUT2D eigenvalue weighted by atomic mass is 32.2. The molecule has 1 nitrogen and oxygen atoms in total. The van der Waals surface area contributed by atoms with Crippen LogP contribution >= 0.6 is 11.8 Å². The van der Waals surface area contributed by atoms with Crippen molar-refractivity contribution in [3.8, 4) is 5.75 Å². The van der Waals surface area contributed by atoms with Crippen LogP contribution in [-0.2, 0) is 10.3 Å². The summed E-state index contributed by atoms with van der Waals surface area (Å²) in [7, 11) is 0. The van der Waals surface area contributed by atoms with Crippen LogP contribution in [0.5, 0.6) is 5.75 Å². The minimum absolute atomic E-state index is 0.395. The molecule has 0 atom stereocenters. The Morgan fingerprint density at radius 1 is 0.667 bits per heavy atom. The van der Waals surface area contributed by atoms with Crippen LogP contribution in [0.4, 0.5) is 30.7 Å². The van der Waals surface area contributed by atoms with E-state index in [0.29, 0.717) is 18.4 Å². The van der Waals surface area contributed by atoms with Crippen molar-refractivity contribution in [1.82, 2.24) is 0 Å². The van der Waals surface area contributed by atoms with Crippen LogP contribution in [0.15, 0.2) is 83.8 Å². The second kappa shape index (κ2) is 13.6. The summed E-state index contributed by atoms with van der Waals surface area (Å²) in [6, 6.07) is 16.3. The predicted octanol–water partition coefficient (Wildman–Crippen LogP) is 10.8. The fraction of sp³-hybridized carbons (Fsp3) is 0.400. The molecule has 3 aromatic carbocycles. The first-order valence-corrected chi connectivity index (χ1v) is 13.7. The highest BCUT2D eigenvalue weighted by Gasteiger charge is 2.74. The van der Waals surface area contributed by atoms with Gasteiger partial charge in [-0.3, -0.25) is 0 Å². The molecule has 1 saturated carbocycles. The van der Waals surface area contributed by atoms with Gasteiger partial charge in [-0.1, -0.05) is 83.0 Å². The van der Waals surface area contributed by atoms with Crippen LogP contribution in [-0.4, -0.2) is 12.4 Å². The summed E-state index contributed by atoms with van der Waals surface area (Å²) < 4.78 is 102. The molecule has 0 saturated heterocycles. The van der Waals surface area contributed by atoms with Gasteiger partial charge in [0.1, 0.15) is 11.6 Å². The molecular formula is C30H33F7OS. The second-order valence-corrected chi connectivity index (χ2v) is 9.88. The second-order valence-electron chi connectivity index (χ2n) is 8.43. The lowest BCUT2D eigenvalue weighted by Gasteiger charge is -2.38. The van der Waals surface area contributed by atoms with E-state index in [1.54, 1.807) is 12.1 Å². The summed E-state index contributed by atoms with van der Waals surface area (Å²) in [6.45, 7) is 8.00. The maximum absolute atomic E-state index is 14.2. The van der Waals surface area contributed by atoms with Crippen molar-refractivity contribution >= 4 is 11.8 Å². The number of halogens is 7. The van der Waals surface area contributed by atoms with Gasteiger partial charge in [0, 0.05) is 15.2 Å². The molecule has 1 aliphatic carbocycles. The number of ether oxygens (including phenoxy) is 1. The molecule has 0 radical (unpaired) electrons. The summed E-state index contributed by atoms with van der Waals surface area (Å²) in [4.78, 5) is 0.768. The smallest absolute Gasteiger partial charge is 0.442 e. The molecule has 0 aromatic heterocycles. The normalized spacial score (nSPS) is 14.9. The molecule has 9 heteroatoms. The van der Waals surface area contributed by atoms with Gasteiger partial charge >= 0.3 is 18.0 Å². The number of hydrogen-bond acceptors (Lipinski definition) is 2. The number of alkyl halides is 6. The standard InChI is InChI=1S/C26H21F7OS.2C2H6/c27-20-12-14-22(15-13-20)35-23(16-4-5-17-23)18-8-10-19(11-9-18)24(25(28,29)30,26(31,32)33)34-21-6-2-1-3-7-21;2*1-2/h1-3,6-15H,4-5,16-17H2;2*1-2H3. The molecule has 1 aliphatic rings. The molecule has 0 spiro atoms. The summed E-state index contributed by atoms with van der Waals surface area (Å²) in [5, 5.41) is 0. The highest BCUT2D eigenvalue weighted by molar-refractivity contribution is 8.00. The zero-order valence-electron chi connectivity index (χ0n) is 22.3. The third kappa shape index (κ3) is 7.10. The van der Waals surface area contributed by atoms with Crippen LogP contribution in [0, 0.1) is 5.82 Å². The van der Waals surface area contributed by atoms with Crippen molar-refractivity contribution in [1.29, 1.82) is 0 Å². The van der Waals surface area contributed by atoms with E-state index >= 15 is 0 Å². The third-order valence-corrected chi connectivity index (χ3v) is 7.71. The number of hydrogen-bond donors (Lipinski definition) is 0. The molecule has 0 N–H and O–H groups in total. The Balaban J connectivity index is 0.00000127. The van der Waals surface area contributed by atoms with Gasteiger partial charge in [0.2, 0.25) is 0 Å². The van der Waals surface area contributed by atoms with Gasteiger partial charge in [-0.2, -0.15) is 26.3 Å². The minimum atomic E-state index is -5.78. The summed E-state index contributed by atoms with van der Waals surface area (Å²) in [5.41, 5.74) is -4.97. The van der Waals surface area contributed by atoms with Gasteiger partial charge in [-0.25, -0.2) is 4.39 Å². The van der Waals surface area contributed by atoms with E-state index in [4.69, 9.17) is 4.74 Å². The van der Waals surface area contributed by atoms with E-state index in [-0.39, 0.29) is 0 Å². The number of benzene rings is 3. The molecule has 0 aliphatic heterocycles. The number of para-hydroxylation sites is 1. The van der Waals surface area contributed by atoms with E-state index in [1.165, 1.54) is 54.2 Å². The monoisotopic (exact) mass is 574 g/mol. The minimum Gasteiger partial charge on any atom is -0.464 e. The van der Waals surface area contributed by atoms with E-state index in [0.717, 1.165) is 42.0 Å². The molecule has 39 heavy (non-hydrogen) atoms. The van der Waals surface area contributed by atoms with Gasteiger partial charge in [-0.15, -0.1) is 11.8 Å². The van der Waals surface area contributed by atoms with Gasteiger partial charge in [-0.05, 0) is 54.8 Å². The molecule has 0 heterocycles. The van der Waals surface area contributed by atoms with Crippen molar-refractivity contribution in [3.63, 3.8) is 0 Å². The van der Waals surface area contributed by atoms with Crippen LogP contribution in [0.2, 0.25) is 0 Å². The zero-order chi connectivity index (χ0) is 29.3. The largest absolute Gasteiger partial charge is 0.464 e. The first-order valence-electron chi connectivity index (χ1n) is 12.9. The van der Waals surface area contributed by atoms with Crippen molar-refractivity contribution in [2.75, 3.05) is 0 Å². The average Bonchev–Trinajstić information content (AvgIpc) is 3.40. The quantitative estimate of drug-likeness (QED) is 0.271. The fourth-order valence-electron chi connectivity index (χ4n) is 4.46. The van der Waals surface area contributed by atoms with Gasteiger partial charge in [0.05, 0.1) is 0 Å². The van der Waals surface area contributed by atoms with Gasteiger partial charge in [0.15, 0.2) is 0 Å². The van der Waals surface area contributed by atoms with E-state index in [9.17, 15) is 30.7 Å². The van der Waals surface area contributed by atoms with Crippen LogP contribution in [0.3, 0.4) is 0 Å². The fourth-order valence-corrected chi connectivity index (χ4v) is 5.93. The Bertz CT molecular complexity index is 1110. The lowest BCUT2D eigenvalue weighted by Crippen LogP contribution is -2.58. The van der Waals surface area contributed by atoms with E-state index < -0.39 is 39.8 Å². The molecule has 4 rings (SSSR count). The third-order valence-electron chi connectivity index (χ3n) is 6.17. The Morgan fingerprint density at radius 3 is 1.62 bits per heavy atom. The average molecular weight is 575 g/mol. The molecule has 3 aromatic rings. The first-order chi connectivity index (χ1) is 18.5. The Hall–Kier alpha value is -2.68. The SMILES string of the molecule is CC.CC.Fc1ccc(SC2(c3ccc(C(Oc4ccccc4)(C(F)(F)F)C(F)(F)F)cc3)CCCC2)cc1. The molecule has 214 valence electrons. The van der Waals surface area contributed by atoms with Gasteiger partial charge in [0.25, 0.3) is 0 Å². The molecule has 1 fully saturated rings. The molecule has 0 unspecified atom stereocenters. The Morgan fingerprint density at radius 2 is 1.15 bits per heavy atom. The predicted molar refractivity (Wildman–Crippen MR) is 142 cm³/mol. The Labute approximate surface area is 229 Å². The maximum Gasteiger partial charge on any atom is 0.442 e. The van der Waals surface area contributed by atoms with Crippen molar-refractivity contribution in [3.05, 3.63) is 95.8 Å². The van der Waals surface area contributed by atoms with Gasteiger partial charge < -0.3 is 4.74 Å². The van der Waals surface area contributed by atoms with Crippen molar-refractivity contribution in [2.45, 2.75) is 81.0 Å². The maximum atomic E-state index is 14.2. The number of rotatable bonds is 6. The van der Waals surface area contributed by atoms with Crippen LogP contribution in [0.25, 0.3) is 0 Å². The molecule has 0 amide bonds. The lowest BCUT2D eigenvalue weighted by atomic mass is 9.88. The lowest BCUT2D eigenvalue weighted by molar-refractivity contribution is -0.365. The molecular weight excluding hydrogens is 541 g/mol. The zero-order valence-corrected chi connectivity index (χ0v) is 23.1. The first kappa shape index (κ1) is 32.5. The topological polar surface area (TPSA) is 9.23 Å². The van der Waals surface area contributed by atoms with Crippen LogP contribution < -0.4 is 4.74 Å². The van der Waals surface area contributed by atoms with E-state index in [2.05, 4.69) is 0 Å². The molecule has 0 bridgehead atoms. The summed E-state index contributed by atoms with van der Waals surface area (Å²) in [5.74, 6) is -0.946. The summed E-state index contributed by atoms with van der Waals surface area (Å²) >= 11 is 1.45.